The van der Waals surface area contributed by atoms with Gasteiger partial charge in [0.2, 0.25) is 0 Å². The van der Waals surface area contributed by atoms with Gasteiger partial charge in [-0.2, -0.15) is 13.2 Å². The SMILES string of the molecule is COC(=O)CS(=O)(=O)CC(=O)OC(C(C(=O)O)C(F)(F)F)C(C)(C)C. The maximum atomic E-state index is 13.0. The first-order valence-corrected chi connectivity index (χ1v) is 8.59. The van der Waals surface area contributed by atoms with Gasteiger partial charge in [0.25, 0.3) is 0 Å². The monoisotopic (exact) mass is 392 g/mol. The molecule has 0 bridgehead atoms. The molecule has 146 valence electrons. The fourth-order valence-corrected chi connectivity index (χ4v) is 2.84. The largest absolute Gasteiger partial charge is 0.481 e. The van der Waals surface area contributed by atoms with Crippen LogP contribution >= 0.6 is 0 Å². The number of esters is 2. The Hall–Kier alpha value is -1.85. The minimum atomic E-state index is -5.23. The van der Waals surface area contributed by atoms with Crippen molar-refractivity contribution in [2.24, 2.45) is 11.3 Å². The van der Waals surface area contributed by atoms with E-state index < -0.39 is 62.9 Å². The first kappa shape index (κ1) is 23.1. The molecule has 25 heavy (non-hydrogen) atoms. The zero-order valence-corrected chi connectivity index (χ0v) is 14.7. The molecule has 0 saturated heterocycles. The lowest BCUT2D eigenvalue weighted by atomic mass is 9.80. The fourth-order valence-electron chi connectivity index (χ4n) is 1.83. The molecule has 0 aromatic carbocycles. The van der Waals surface area contributed by atoms with Crippen LogP contribution in [0.1, 0.15) is 20.8 Å². The number of aliphatic carboxylic acids is 1. The lowest BCUT2D eigenvalue weighted by Crippen LogP contribution is -2.49. The third-order valence-electron chi connectivity index (χ3n) is 2.94. The van der Waals surface area contributed by atoms with E-state index in [1.165, 1.54) is 20.8 Å². The van der Waals surface area contributed by atoms with Gasteiger partial charge in [-0.3, -0.25) is 14.4 Å². The average Bonchev–Trinajstić information content (AvgIpc) is 2.32. The van der Waals surface area contributed by atoms with Crippen molar-refractivity contribution in [3.05, 3.63) is 0 Å². The van der Waals surface area contributed by atoms with Crippen LogP contribution in [0.15, 0.2) is 0 Å². The average molecular weight is 392 g/mol. The summed E-state index contributed by atoms with van der Waals surface area (Å²) in [6.07, 6.45) is -7.40. The highest BCUT2D eigenvalue weighted by Crippen LogP contribution is 2.38. The summed E-state index contributed by atoms with van der Waals surface area (Å²) in [6, 6.07) is 0. The molecule has 0 rings (SSSR count). The number of hydrogen-bond donors (Lipinski definition) is 1. The Morgan fingerprint density at radius 1 is 1.04 bits per heavy atom. The number of carbonyl (C=O) groups excluding carboxylic acids is 2. The van der Waals surface area contributed by atoms with E-state index in [-0.39, 0.29) is 0 Å². The van der Waals surface area contributed by atoms with E-state index in [0.29, 0.717) is 0 Å². The zero-order chi connectivity index (χ0) is 20.2. The van der Waals surface area contributed by atoms with Gasteiger partial charge in [-0.1, -0.05) is 20.8 Å². The molecule has 0 spiro atoms. The van der Waals surface area contributed by atoms with Crippen molar-refractivity contribution >= 4 is 27.7 Å². The molecule has 0 aliphatic heterocycles. The zero-order valence-electron chi connectivity index (χ0n) is 13.9. The van der Waals surface area contributed by atoms with Crippen molar-refractivity contribution in [3.8, 4) is 0 Å². The number of rotatable bonds is 7. The number of carbonyl (C=O) groups is 3. The smallest absolute Gasteiger partial charge is 0.405 e. The van der Waals surface area contributed by atoms with Crippen LogP contribution in [-0.4, -0.2) is 62.3 Å². The Labute approximate surface area is 142 Å². The fraction of sp³-hybridized carbons (Fsp3) is 0.769. The maximum Gasteiger partial charge on any atom is 0.405 e. The second-order valence-electron chi connectivity index (χ2n) is 6.24. The molecule has 12 heteroatoms. The molecular weight excluding hydrogens is 373 g/mol. The molecule has 0 amide bonds. The van der Waals surface area contributed by atoms with Gasteiger partial charge in [0.15, 0.2) is 15.8 Å². The summed E-state index contributed by atoms with van der Waals surface area (Å²) < 4.78 is 70.9. The topological polar surface area (TPSA) is 124 Å². The summed E-state index contributed by atoms with van der Waals surface area (Å²) in [6.45, 7) is 3.61. The van der Waals surface area contributed by atoms with Gasteiger partial charge in [-0.15, -0.1) is 0 Å². The van der Waals surface area contributed by atoms with E-state index in [4.69, 9.17) is 5.11 Å². The van der Waals surface area contributed by atoms with Crippen LogP contribution in [0.4, 0.5) is 13.2 Å². The van der Waals surface area contributed by atoms with Crippen molar-refractivity contribution in [2.75, 3.05) is 18.6 Å². The van der Waals surface area contributed by atoms with E-state index in [1.807, 2.05) is 0 Å². The lowest BCUT2D eigenvalue weighted by Gasteiger charge is -2.35. The molecule has 0 heterocycles. The van der Waals surface area contributed by atoms with Crippen LogP contribution in [0.2, 0.25) is 0 Å². The molecule has 0 aliphatic rings. The normalized spacial score (nSPS) is 15.2. The third kappa shape index (κ3) is 7.71. The van der Waals surface area contributed by atoms with Gasteiger partial charge in [-0.25, -0.2) is 8.42 Å². The van der Waals surface area contributed by atoms with Gasteiger partial charge >= 0.3 is 24.1 Å². The molecule has 0 aliphatic carbocycles. The van der Waals surface area contributed by atoms with E-state index in [1.54, 1.807) is 0 Å². The molecule has 0 saturated carbocycles. The Morgan fingerprint density at radius 2 is 1.48 bits per heavy atom. The minimum absolute atomic E-state index is 0.909. The molecule has 0 fully saturated rings. The Kier molecular flexibility index (Phi) is 7.43. The predicted octanol–water partition coefficient (Wildman–Crippen LogP) is 0.795. The Bertz CT molecular complexity index is 618. The number of ether oxygens (including phenoxy) is 2. The summed E-state index contributed by atoms with van der Waals surface area (Å²) >= 11 is 0. The van der Waals surface area contributed by atoms with E-state index >= 15 is 0 Å². The van der Waals surface area contributed by atoms with E-state index in [0.717, 1.165) is 7.11 Å². The summed E-state index contributed by atoms with van der Waals surface area (Å²) in [5.74, 6) is -10.6. The summed E-state index contributed by atoms with van der Waals surface area (Å²) in [4.78, 5) is 33.7. The number of sulfone groups is 1. The summed E-state index contributed by atoms with van der Waals surface area (Å²) in [5.41, 5.74) is -1.46. The van der Waals surface area contributed by atoms with E-state index in [9.17, 15) is 36.0 Å². The number of carboxylic acid groups (broad SMARTS) is 1. The molecule has 0 aromatic heterocycles. The van der Waals surface area contributed by atoms with Crippen LogP contribution < -0.4 is 0 Å². The van der Waals surface area contributed by atoms with Gasteiger partial charge in [0, 0.05) is 5.41 Å². The molecule has 2 unspecified atom stereocenters. The molecule has 0 radical (unpaired) electrons. The molecule has 8 nitrogen and oxygen atoms in total. The van der Waals surface area contributed by atoms with Crippen LogP contribution in [-0.2, 0) is 33.7 Å². The number of methoxy groups -OCH3 is 1. The second kappa shape index (κ2) is 8.02. The van der Waals surface area contributed by atoms with Gasteiger partial charge in [0.1, 0.15) is 17.6 Å². The van der Waals surface area contributed by atoms with Crippen molar-refractivity contribution in [1.29, 1.82) is 0 Å². The number of hydrogen-bond acceptors (Lipinski definition) is 7. The third-order valence-corrected chi connectivity index (χ3v) is 4.29. The van der Waals surface area contributed by atoms with Crippen LogP contribution in [0, 0.1) is 11.3 Å². The van der Waals surface area contributed by atoms with Crippen LogP contribution in [0.5, 0.6) is 0 Å². The molecular formula is C13H19F3O8S. The van der Waals surface area contributed by atoms with Crippen LogP contribution in [0.25, 0.3) is 0 Å². The van der Waals surface area contributed by atoms with Crippen molar-refractivity contribution < 1.29 is 50.6 Å². The van der Waals surface area contributed by atoms with Gasteiger partial charge in [-0.05, 0) is 0 Å². The van der Waals surface area contributed by atoms with Crippen molar-refractivity contribution in [3.63, 3.8) is 0 Å². The van der Waals surface area contributed by atoms with Crippen molar-refractivity contribution in [1.82, 2.24) is 0 Å². The Balaban J connectivity index is 5.46. The van der Waals surface area contributed by atoms with Gasteiger partial charge < -0.3 is 14.6 Å². The maximum absolute atomic E-state index is 13.0. The summed E-state index contributed by atoms with van der Waals surface area (Å²) in [5, 5.41) is 8.85. The lowest BCUT2D eigenvalue weighted by molar-refractivity contribution is -0.226. The number of halogens is 3. The van der Waals surface area contributed by atoms with Crippen molar-refractivity contribution in [2.45, 2.75) is 33.1 Å². The number of alkyl halides is 3. The standard InChI is InChI=1S/C13H19F3O8S/c1-12(2,3)10(9(11(19)20)13(14,15)16)24-8(18)6-25(21,22)5-7(17)23-4/h9-10H,5-6H2,1-4H3,(H,19,20). The highest BCUT2D eigenvalue weighted by molar-refractivity contribution is 7.92. The van der Waals surface area contributed by atoms with Gasteiger partial charge in [0.05, 0.1) is 7.11 Å². The Morgan fingerprint density at radius 3 is 1.80 bits per heavy atom. The first-order chi connectivity index (χ1) is 11.0. The molecule has 1 N–H and O–H groups in total. The quantitative estimate of drug-likeness (QED) is 0.631. The summed E-state index contributed by atoms with van der Waals surface area (Å²) in [7, 11) is -3.43. The molecule has 0 aromatic rings. The highest BCUT2D eigenvalue weighted by Gasteiger charge is 2.55. The highest BCUT2D eigenvalue weighted by atomic mass is 32.2. The van der Waals surface area contributed by atoms with E-state index in [2.05, 4.69) is 9.47 Å². The minimum Gasteiger partial charge on any atom is -0.481 e. The van der Waals surface area contributed by atoms with Crippen LogP contribution in [0.3, 0.4) is 0 Å². The first-order valence-electron chi connectivity index (χ1n) is 6.77. The number of carboxylic acids is 1. The predicted molar refractivity (Wildman–Crippen MR) is 77.2 cm³/mol. The second-order valence-corrected chi connectivity index (χ2v) is 8.31. The molecule has 2 atom stereocenters.